The normalized spacial score (nSPS) is 37.1. The SMILES string of the molecule is B[P@]1(=O)OCC2OC(n3cnc4c(=O)[nH]c(N)nc43)C(O[P@](=O)(S)OCC3OC(n4cnc5c(N)ncnc54)C(F)C3O1)C2CO. The number of imidazole rings is 2. The van der Waals surface area contributed by atoms with E-state index < -0.39 is 88.6 Å². The zero-order chi connectivity index (χ0) is 32.5. The summed E-state index contributed by atoms with van der Waals surface area (Å²) < 4.78 is 80.7. The second-order valence-corrected chi connectivity index (χ2v) is 15.6. The van der Waals surface area contributed by atoms with Crippen molar-refractivity contribution in [3.8, 4) is 0 Å². The lowest BCUT2D eigenvalue weighted by molar-refractivity contribution is -0.0565. The van der Waals surface area contributed by atoms with Crippen LogP contribution in [0.1, 0.15) is 12.5 Å². The molecule has 20 nitrogen and oxygen atoms in total. The van der Waals surface area contributed by atoms with Crippen molar-refractivity contribution in [3.63, 3.8) is 0 Å². The minimum atomic E-state index is -4.36. The summed E-state index contributed by atoms with van der Waals surface area (Å²) in [4.78, 5) is 35.0. The summed E-state index contributed by atoms with van der Waals surface area (Å²) in [6.07, 6.45) is -6.18. The van der Waals surface area contributed by atoms with E-state index in [2.05, 4.69) is 42.2 Å². The van der Waals surface area contributed by atoms with Crippen molar-refractivity contribution in [2.24, 2.45) is 5.92 Å². The number of halogens is 1. The number of nitrogens with two attached hydrogens (primary N) is 2. The number of aromatic amines is 1. The smallest absolute Gasteiger partial charge is 0.386 e. The number of aliphatic hydroxyl groups is 1. The van der Waals surface area contributed by atoms with Crippen LogP contribution >= 0.6 is 26.5 Å². The number of anilines is 2. The van der Waals surface area contributed by atoms with E-state index in [0.29, 0.717) is 0 Å². The zero-order valence-corrected chi connectivity index (χ0v) is 26.3. The van der Waals surface area contributed by atoms with E-state index in [0.717, 1.165) is 7.57 Å². The number of H-pyrrole nitrogens is 1. The van der Waals surface area contributed by atoms with Crippen molar-refractivity contribution in [2.45, 2.75) is 43.0 Å². The van der Waals surface area contributed by atoms with Crippen LogP contribution in [0.5, 0.6) is 0 Å². The lowest BCUT2D eigenvalue weighted by Gasteiger charge is -2.27. The first-order chi connectivity index (χ1) is 21.9. The summed E-state index contributed by atoms with van der Waals surface area (Å²) in [6, 6.07) is 0. The van der Waals surface area contributed by atoms with Crippen LogP contribution in [0.2, 0.25) is 0 Å². The number of alkyl halides is 1. The summed E-state index contributed by atoms with van der Waals surface area (Å²) in [5.74, 6) is -1.12. The maximum absolute atomic E-state index is 16.1. The third-order valence-electron chi connectivity index (χ3n) is 7.80. The summed E-state index contributed by atoms with van der Waals surface area (Å²) >= 11 is 4.13. The number of ether oxygens (including phenoxy) is 2. The summed E-state index contributed by atoms with van der Waals surface area (Å²) in [5.41, 5.74) is 11.3. The van der Waals surface area contributed by atoms with Gasteiger partial charge in [-0.25, -0.2) is 28.9 Å². The molecule has 0 radical (unpaired) electrons. The third-order valence-corrected chi connectivity index (χ3v) is 10.7. The van der Waals surface area contributed by atoms with Crippen molar-refractivity contribution < 1.29 is 46.2 Å². The lowest BCUT2D eigenvalue weighted by atomic mass is 9.99. The number of hydrogen-bond acceptors (Lipinski definition) is 17. The largest absolute Gasteiger partial charge is 0.396 e. The van der Waals surface area contributed by atoms with Crippen LogP contribution in [0.4, 0.5) is 16.2 Å². The molecule has 7 rings (SSSR count). The average Bonchev–Trinajstić information content (AvgIpc) is 3.75. The zero-order valence-electron chi connectivity index (χ0n) is 23.6. The molecule has 25 heteroatoms. The topological polar surface area (TPSA) is 269 Å². The quantitative estimate of drug-likeness (QED) is 0.102. The Morgan fingerprint density at radius 2 is 1.70 bits per heavy atom. The second-order valence-electron chi connectivity index (χ2n) is 10.8. The van der Waals surface area contributed by atoms with Gasteiger partial charge in [0.2, 0.25) is 5.95 Å². The standard InChI is InChI=1S/C21H26BFN10O10P2S/c22-44(36)38-2-8-7(1-34)13(20(40-8)33-6-29-12-17(33)30-21(25)31-18(12)35)43-45(37,46)39-3-9-14(42-44)10(23)19(41-9)32-5-28-11-15(24)26-4-27-16(11)32/h4-10,13-14,19-20,34H,1-3,22H2,(H,37,46)(H2,24,26,27)(H3,25,30,31,35)/t7?,8?,9?,10?,13?,14?,19?,20?,44-,45+/m0/s1. The number of nitrogen functional groups attached to an aromatic ring is 2. The van der Waals surface area contributed by atoms with Gasteiger partial charge in [0.15, 0.2) is 41.3 Å². The van der Waals surface area contributed by atoms with Crippen molar-refractivity contribution in [3.05, 3.63) is 29.3 Å². The van der Waals surface area contributed by atoms with Gasteiger partial charge in [-0.05, 0) is 0 Å². The van der Waals surface area contributed by atoms with Gasteiger partial charge in [-0.1, -0.05) is 12.2 Å². The number of thiol groups is 1. The third kappa shape index (κ3) is 5.53. The molecular weight excluding hydrogens is 676 g/mol. The molecular formula is C21H26BFN10O10P2S. The Morgan fingerprint density at radius 3 is 2.46 bits per heavy atom. The molecule has 4 aromatic rings. The second kappa shape index (κ2) is 11.6. The van der Waals surface area contributed by atoms with Gasteiger partial charge >= 0.3 is 6.80 Å². The average molecular weight is 702 g/mol. The van der Waals surface area contributed by atoms with Crippen LogP contribution in [0.25, 0.3) is 22.3 Å². The highest BCUT2D eigenvalue weighted by atomic mass is 32.7. The van der Waals surface area contributed by atoms with Gasteiger partial charge in [-0.2, -0.15) is 4.98 Å². The van der Waals surface area contributed by atoms with Crippen LogP contribution in [-0.2, 0) is 36.7 Å². The molecule has 3 saturated heterocycles. The molecule has 0 saturated carbocycles. The number of aromatic nitrogens is 8. The van der Waals surface area contributed by atoms with Crippen LogP contribution in [0, 0.1) is 5.92 Å². The molecule has 0 aliphatic carbocycles. The Balaban J connectivity index is 1.22. The highest BCUT2D eigenvalue weighted by Gasteiger charge is 2.53. The molecule has 3 aliphatic rings. The summed E-state index contributed by atoms with van der Waals surface area (Å²) in [7, 11) is -2.95. The first-order valence-corrected chi connectivity index (χ1v) is 18.3. The molecule has 3 aliphatic heterocycles. The summed E-state index contributed by atoms with van der Waals surface area (Å²) in [6.45, 7) is -6.01. The molecule has 0 aromatic carbocycles. The molecule has 6 N–H and O–H groups in total. The molecule has 2 bridgehead atoms. The van der Waals surface area contributed by atoms with Gasteiger partial charge < -0.3 is 35.1 Å². The monoisotopic (exact) mass is 702 g/mol. The minimum absolute atomic E-state index is 0.0000779. The van der Waals surface area contributed by atoms with E-state index >= 15 is 4.39 Å². The Kier molecular flexibility index (Phi) is 7.99. The molecule has 10 atom stereocenters. The highest BCUT2D eigenvalue weighted by molar-refractivity contribution is 8.44. The van der Waals surface area contributed by atoms with Crippen molar-refractivity contribution in [2.75, 3.05) is 31.3 Å². The molecule has 0 spiro atoms. The van der Waals surface area contributed by atoms with Gasteiger partial charge in [0, 0.05) is 5.92 Å². The van der Waals surface area contributed by atoms with Crippen LogP contribution in [0.15, 0.2) is 23.8 Å². The van der Waals surface area contributed by atoms with Crippen molar-refractivity contribution in [1.82, 2.24) is 39.0 Å². The Morgan fingerprint density at radius 1 is 1.00 bits per heavy atom. The number of aliphatic hydroxyl groups excluding tert-OH is 1. The van der Waals surface area contributed by atoms with E-state index in [-0.39, 0.29) is 34.1 Å². The van der Waals surface area contributed by atoms with E-state index in [9.17, 15) is 19.0 Å². The molecule has 4 aromatic heterocycles. The molecule has 3 fully saturated rings. The number of nitrogens with one attached hydrogen (secondary N) is 1. The molecule has 46 heavy (non-hydrogen) atoms. The van der Waals surface area contributed by atoms with Crippen molar-refractivity contribution >= 4 is 68.2 Å². The Hall–Kier alpha value is -2.98. The van der Waals surface area contributed by atoms with E-state index in [1.54, 1.807) is 0 Å². The number of hydrogen-bond donors (Lipinski definition) is 5. The molecule has 0 amide bonds. The van der Waals surface area contributed by atoms with Gasteiger partial charge in [0.1, 0.15) is 30.2 Å². The molecule has 246 valence electrons. The minimum Gasteiger partial charge on any atom is -0.396 e. The van der Waals surface area contributed by atoms with Gasteiger partial charge in [-0.15, -0.1) is 0 Å². The first-order valence-electron chi connectivity index (χ1n) is 13.6. The predicted molar refractivity (Wildman–Crippen MR) is 160 cm³/mol. The summed E-state index contributed by atoms with van der Waals surface area (Å²) in [5, 5.41) is 10.3. The van der Waals surface area contributed by atoms with E-state index in [4.69, 9.17) is 39.0 Å². The lowest BCUT2D eigenvalue weighted by Crippen LogP contribution is -2.34. The predicted octanol–water partition coefficient (Wildman–Crippen LogP) is -0.538. The van der Waals surface area contributed by atoms with E-state index in [1.807, 2.05) is 0 Å². The van der Waals surface area contributed by atoms with Crippen LogP contribution in [-0.4, -0.2) is 102 Å². The Bertz CT molecular complexity index is 1970. The van der Waals surface area contributed by atoms with Crippen LogP contribution < -0.4 is 17.0 Å². The van der Waals surface area contributed by atoms with Gasteiger partial charge in [-0.3, -0.25) is 32.5 Å². The van der Waals surface area contributed by atoms with Gasteiger partial charge in [0.05, 0.1) is 38.6 Å². The van der Waals surface area contributed by atoms with Gasteiger partial charge in [0.25, 0.3) is 20.6 Å². The van der Waals surface area contributed by atoms with Crippen molar-refractivity contribution in [1.29, 1.82) is 0 Å². The van der Waals surface area contributed by atoms with Crippen LogP contribution in [0.3, 0.4) is 0 Å². The number of nitrogens with zero attached hydrogens (tertiary/aromatic N) is 7. The molecule has 7 heterocycles. The number of fused-ring (bicyclic) bond motifs is 5. The van der Waals surface area contributed by atoms with E-state index in [1.165, 1.54) is 28.1 Å². The number of rotatable bonds is 3. The maximum atomic E-state index is 16.1. The fourth-order valence-corrected chi connectivity index (χ4v) is 8.36. The first kappa shape index (κ1) is 31.6. The fraction of sp³-hybridized carbons (Fsp3) is 0.524. The molecule has 8 unspecified atom stereocenters. The Labute approximate surface area is 262 Å². The fourth-order valence-electron chi connectivity index (χ4n) is 5.69. The highest BCUT2D eigenvalue weighted by Crippen LogP contribution is 2.59. The maximum Gasteiger partial charge on any atom is 0.386 e.